The molecule has 8 nitrogen and oxygen atoms in total. The molecule has 0 atom stereocenters. The molecular weight excluding hydrogens is 442 g/mol. The third-order valence-corrected chi connectivity index (χ3v) is 6.55. The summed E-state index contributed by atoms with van der Waals surface area (Å²) in [4.78, 5) is 42.8. The van der Waals surface area contributed by atoms with Crippen molar-refractivity contribution in [1.29, 1.82) is 0 Å². The number of benzene rings is 2. The number of hydrogen-bond donors (Lipinski definition) is 1. The lowest BCUT2D eigenvalue weighted by Crippen LogP contribution is -2.28. The molecule has 2 aromatic carbocycles. The lowest BCUT2D eigenvalue weighted by Gasteiger charge is -2.14. The van der Waals surface area contributed by atoms with Crippen LogP contribution in [-0.4, -0.2) is 41.8 Å². The number of imide groups is 1. The van der Waals surface area contributed by atoms with Crippen molar-refractivity contribution >= 4 is 34.7 Å². The van der Waals surface area contributed by atoms with Crippen LogP contribution in [-0.2, 0) is 16.1 Å². The van der Waals surface area contributed by atoms with Crippen LogP contribution in [0.2, 0.25) is 0 Å². The quantitative estimate of drug-likeness (QED) is 0.529. The molecule has 1 aliphatic rings. The van der Waals surface area contributed by atoms with Gasteiger partial charge in [-0.15, -0.1) is 11.3 Å². The SMILES string of the molecule is COc1ccc(-c2nc(C)c(C(=O)Nc3ccc(CN4C(=O)CCC4=O)cc3)s2)cc1OC. The summed E-state index contributed by atoms with van der Waals surface area (Å²) in [5.74, 6) is 0.654. The smallest absolute Gasteiger partial charge is 0.267 e. The van der Waals surface area contributed by atoms with Crippen molar-refractivity contribution in [3.05, 3.63) is 58.6 Å². The summed E-state index contributed by atoms with van der Waals surface area (Å²) in [5, 5.41) is 3.59. The Morgan fingerprint density at radius 2 is 1.70 bits per heavy atom. The average molecular weight is 466 g/mol. The first-order chi connectivity index (χ1) is 15.9. The molecule has 0 saturated carbocycles. The Morgan fingerprint density at radius 1 is 1.03 bits per heavy atom. The van der Waals surface area contributed by atoms with Gasteiger partial charge in [-0.1, -0.05) is 12.1 Å². The Morgan fingerprint density at radius 3 is 2.33 bits per heavy atom. The van der Waals surface area contributed by atoms with E-state index in [0.29, 0.717) is 32.8 Å². The minimum absolute atomic E-state index is 0.150. The van der Waals surface area contributed by atoms with Crippen LogP contribution < -0.4 is 14.8 Å². The van der Waals surface area contributed by atoms with Crippen LogP contribution in [0.5, 0.6) is 11.5 Å². The molecule has 1 fully saturated rings. The number of carbonyl (C=O) groups excluding carboxylic acids is 3. The van der Waals surface area contributed by atoms with Crippen molar-refractivity contribution in [1.82, 2.24) is 9.88 Å². The number of carbonyl (C=O) groups is 3. The van der Waals surface area contributed by atoms with Gasteiger partial charge < -0.3 is 14.8 Å². The molecule has 0 radical (unpaired) electrons. The van der Waals surface area contributed by atoms with E-state index >= 15 is 0 Å². The normalized spacial score (nSPS) is 13.4. The van der Waals surface area contributed by atoms with Gasteiger partial charge >= 0.3 is 0 Å². The van der Waals surface area contributed by atoms with Crippen LogP contribution in [0.1, 0.15) is 33.8 Å². The molecule has 0 spiro atoms. The number of hydrogen-bond acceptors (Lipinski definition) is 7. The van der Waals surface area contributed by atoms with Gasteiger partial charge in [0, 0.05) is 24.1 Å². The van der Waals surface area contributed by atoms with Crippen molar-refractivity contribution in [2.75, 3.05) is 19.5 Å². The third kappa shape index (κ3) is 4.73. The Bertz CT molecular complexity index is 1200. The Hall–Kier alpha value is -3.72. The molecule has 3 aromatic rings. The highest BCUT2D eigenvalue weighted by Gasteiger charge is 2.28. The van der Waals surface area contributed by atoms with Gasteiger partial charge in [0.25, 0.3) is 5.91 Å². The lowest BCUT2D eigenvalue weighted by molar-refractivity contribution is -0.139. The van der Waals surface area contributed by atoms with Crippen molar-refractivity contribution in [3.63, 3.8) is 0 Å². The fraction of sp³-hybridized carbons (Fsp3) is 0.250. The highest BCUT2D eigenvalue weighted by Crippen LogP contribution is 2.35. The Kier molecular flexibility index (Phi) is 6.41. The molecule has 1 N–H and O–H groups in total. The fourth-order valence-corrected chi connectivity index (χ4v) is 4.52. The number of thiazole rings is 1. The summed E-state index contributed by atoms with van der Waals surface area (Å²) in [5.41, 5.74) is 2.89. The fourth-order valence-electron chi connectivity index (χ4n) is 3.56. The second kappa shape index (κ2) is 9.41. The van der Waals surface area contributed by atoms with Crippen molar-refractivity contribution in [2.24, 2.45) is 0 Å². The van der Waals surface area contributed by atoms with Crippen molar-refractivity contribution < 1.29 is 23.9 Å². The van der Waals surface area contributed by atoms with Crippen LogP contribution in [0, 0.1) is 6.92 Å². The molecule has 0 bridgehead atoms. The van der Waals surface area contributed by atoms with E-state index in [4.69, 9.17) is 9.47 Å². The zero-order valence-electron chi connectivity index (χ0n) is 18.5. The van der Waals surface area contributed by atoms with Gasteiger partial charge in [-0.3, -0.25) is 19.3 Å². The zero-order chi connectivity index (χ0) is 23.5. The first kappa shape index (κ1) is 22.5. The van der Waals surface area contributed by atoms with Gasteiger partial charge in [0.15, 0.2) is 11.5 Å². The predicted molar refractivity (Wildman–Crippen MR) is 125 cm³/mol. The number of aryl methyl sites for hydroxylation is 1. The maximum absolute atomic E-state index is 12.9. The molecule has 1 saturated heterocycles. The summed E-state index contributed by atoms with van der Waals surface area (Å²) < 4.78 is 10.6. The number of ether oxygens (including phenoxy) is 2. The van der Waals surface area contributed by atoms with Crippen molar-refractivity contribution in [3.8, 4) is 22.1 Å². The number of anilines is 1. The van der Waals surface area contributed by atoms with Gasteiger partial charge in [0.1, 0.15) is 9.88 Å². The largest absolute Gasteiger partial charge is 0.493 e. The number of amides is 3. The van der Waals surface area contributed by atoms with E-state index in [1.165, 1.54) is 16.2 Å². The molecule has 4 rings (SSSR count). The van der Waals surface area contributed by atoms with Crippen LogP contribution in [0.15, 0.2) is 42.5 Å². The van der Waals surface area contributed by atoms with E-state index in [1.54, 1.807) is 51.5 Å². The third-order valence-electron chi connectivity index (χ3n) is 5.34. The maximum Gasteiger partial charge on any atom is 0.267 e. The summed E-state index contributed by atoms with van der Waals surface area (Å²) in [6, 6.07) is 12.6. The van der Waals surface area contributed by atoms with Crippen LogP contribution in [0.25, 0.3) is 10.6 Å². The molecule has 170 valence electrons. The molecular formula is C24H23N3O5S. The highest BCUT2D eigenvalue weighted by atomic mass is 32.1. The molecule has 9 heteroatoms. The summed E-state index contributed by atoms with van der Waals surface area (Å²) in [6.45, 7) is 2.04. The molecule has 33 heavy (non-hydrogen) atoms. The number of rotatable bonds is 7. The zero-order valence-corrected chi connectivity index (χ0v) is 19.3. The second-order valence-electron chi connectivity index (χ2n) is 7.53. The minimum Gasteiger partial charge on any atom is -0.493 e. The molecule has 1 aliphatic heterocycles. The summed E-state index contributed by atoms with van der Waals surface area (Å²) >= 11 is 1.30. The monoisotopic (exact) mass is 465 g/mol. The first-order valence-electron chi connectivity index (χ1n) is 10.3. The van der Waals surface area contributed by atoms with Gasteiger partial charge in [-0.05, 0) is 42.8 Å². The molecule has 0 unspecified atom stereocenters. The molecule has 0 aliphatic carbocycles. The average Bonchev–Trinajstić information content (AvgIpc) is 3.37. The number of aromatic nitrogens is 1. The van der Waals surface area contributed by atoms with Gasteiger partial charge in [0.2, 0.25) is 11.8 Å². The first-order valence-corrected chi connectivity index (χ1v) is 11.1. The van der Waals surface area contributed by atoms with Gasteiger partial charge in [-0.2, -0.15) is 0 Å². The van der Waals surface area contributed by atoms with Gasteiger partial charge in [-0.25, -0.2) is 4.98 Å². The van der Waals surface area contributed by atoms with Gasteiger partial charge in [0.05, 0.1) is 26.5 Å². The number of methoxy groups -OCH3 is 2. The number of nitrogens with zero attached hydrogens (tertiary/aromatic N) is 2. The second-order valence-corrected chi connectivity index (χ2v) is 8.53. The van der Waals surface area contributed by atoms with Crippen molar-refractivity contribution in [2.45, 2.75) is 26.3 Å². The number of nitrogens with one attached hydrogen (secondary N) is 1. The van der Waals surface area contributed by atoms with E-state index in [2.05, 4.69) is 10.3 Å². The van der Waals surface area contributed by atoms with Crippen LogP contribution >= 0.6 is 11.3 Å². The van der Waals surface area contributed by atoms with E-state index in [-0.39, 0.29) is 37.1 Å². The van der Waals surface area contributed by atoms with E-state index in [9.17, 15) is 14.4 Å². The van der Waals surface area contributed by atoms with E-state index < -0.39 is 0 Å². The van der Waals surface area contributed by atoms with Crippen LogP contribution in [0.4, 0.5) is 5.69 Å². The summed E-state index contributed by atoms with van der Waals surface area (Å²) in [6.07, 6.45) is 0.541. The standard InChI is InChI=1S/C24H23N3O5S/c1-14-22(33-24(25-14)16-6-9-18(31-2)19(12-16)32-3)23(30)26-17-7-4-15(5-8-17)13-27-20(28)10-11-21(27)29/h4-9,12H,10-11,13H2,1-3H3,(H,26,30). The van der Waals surface area contributed by atoms with E-state index in [0.717, 1.165) is 11.1 Å². The summed E-state index contributed by atoms with van der Waals surface area (Å²) in [7, 11) is 3.14. The Labute approximate surface area is 195 Å². The van der Waals surface area contributed by atoms with E-state index in [1.807, 2.05) is 12.1 Å². The molecule has 1 aromatic heterocycles. The lowest BCUT2D eigenvalue weighted by atomic mass is 10.2. The highest BCUT2D eigenvalue weighted by molar-refractivity contribution is 7.17. The molecule has 3 amide bonds. The Balaban J connectivity index is 1.46. The van der Waals surface area contributed by atoms with Crippen LogP contribution in [0.3, 0.4) is 0 Å². The maximum atomic E-state index is 12.9. The molecule has 2 heterocycles. The number of likely N-dealkylation sites (tertiary alicyclic amines) is 1. The minimum atomic E-state index is -0.255. The predicted octanol–water partition coefficient (Wildman–Crippen LogP) is 4.04. The topological polar surface area (TPSA) is 97.8 Å².